The molecule has 2 nitrogen and oxygen atoms in total. The Balaban J connectivity index is 3.37. The van der Waals surface area contributed by atoms with Gasteiger partial charge < -0.3 is 10.8 Å². The van der Waals surface area contributed by atoms with Gasteiger partial charge in [0.05, 0.1) is 4.47 Å². The number of rotatable bonds is 1. The van der Waals surface area contributed by atoms with E-state index in [9.17, 15) is 5.11 Å². The van der Waals surface area contributed by atoms with Crippen molar-refractivity contribution in [3.05, 3.63) is 27.2 Å². The van der Waals surface area contributed by atoms with Gasteiger partial charge in [-0.2, -0.15) is 0 Å². The third kappa shape index (κ3) is 2.36. The molecule has 1 rings (SSSR count). The highest BCUT2D eigenvalue weighted by atomic mass is 79.9. The Kier molecular flexibility index (Phi) is 2.90. The molecule has 0 heterocycles. The Morgan fingerprint density at radius 2 is 2.00 bits per heavy atom. The van der Waals surface area contributed by atoms with Crippen molar-refractivity contribution in [2.24, 2.45) is 5.73 Å². The molecular weight excluding hydrogens is 253 g/mol. The van der Waals surface area contributed by atoms with Crippen LogP contribution in [0.3, 0.4) is 0 Å². The van der Waals surface area contributed by atoms with E-state index in [1.54, 1.807) is 12.1 Å². The predicted octanol–water partition coefficient (Wildman–Crippen LogP) is 3.00. The quantitative estimate of drug-likeness (QED) is 0.819. The third-order valence-corrected chi connectivity index (χ3v) is 2.55. The monoisotopic (exact) mass is 263 g/mol. The Morgan fingerprint density at radius 3 is 2.46 bits per heavy atom. The second-order valence-corrected chi connectivity index (χ2v) is 4.80. The van der Waals surface area contributed by atoms with Crippen LogP contribution in [0, 0.1) is 0 Å². The van der Waals surface area contributed by atoms with Gasteiger partial charge in [-0.1, -0.05) is 11.6 Å². The number of hydrogen-bond donors (Lipinski definition) is 2. The van der Waals surface area contributed by atoms with Crippen LogP contribution >= 0.6 is 27.5 Å². The second kappa shape index (κ2) is 3.48. The van der Waals surface area contributed by atoms with Gasteiger partial charge in [0.25, 0.3) is 0 Å². The summed E-state index contributed by atoms with van der Waals surface area (Å²) in [6, 6.07) is 3.30. The van der Waals surface area contributed by atoms with Gasteiger partial charge >= 0.3 is 0 Å². The fraction of sp³-hybridized carbons (Fsp3) is 0.333. The molecule has 0 saturated heterocycles. The molecule has 4 heteroatoms. The summed E-state index contributed by atoms with van der Waals surface area (Å²) in [6.45, 7) is 3.62. The lowest BCUT2D eigenvalue weighted by Gasteiger charge is -2.21. The van der Waals surface area contributed by atoms with Crippen LogP contribution in [-0.2, 0) is 5.54 Å². The molecule has 0 radical (unpaired) electrons. The lowest BCUT2D eigenvalue weighted by atomic mass is 9.95. The average molecular weight is 265 g/mol. The molecule has 1 aromatic carbocycles. The zero-order valence-corrected chi connectivity index (χ0v) is 9.78. The summed E-state index contributed by atoms with van der Waals surface area (Å²) in [5.41, 5.74) is 5.89. The smallest absolute Gasteiger partial charge is 0.134 e. The molecule has 3 N–H and O–H groups in total. The fourth-order valence-corrected chi connectivity index (χ4v) is 1.87. The molecule has 13 heavy (non-hydrogen) atoms. The van der Waals surface area contributed by atoms with Crippen LogP contribution in [-0.4, -0.2) is 5.11 Å². The van der Waals surface area contributed by atoms with Crippen LogP contribution < -0.4 is 5.73 Å². The molecule has 0 aliphatic rings. The summed E-state index contributed by atoms with van der Waals surface area (Å²) in [4.78, 5) is 0. The molecule has 0 aliphatic heterocycles. The number of aromatic hydroxyl groups is 1. The predicted molar refractivity (Wildman–Crippen MR) is 58.0 cm³/mol. The van der Waals surface area contributed by atoms with Crippen LogP contribution in [0.2, 0.25) is 5.02 Å². The van der Waals surface area contributed by atoms with E-state index in [0.717, 1.165) is 0 Å². The van der Waals surface area contributed by atoms with Gasteiger partial charge in [-0.15, -0.1) is 0 Å². The molecule has 0 unspecified atom stereocenters. The zero-order chi connectivity index (χ0) is 10.2. The van der Waals surface area contributed by atoms with E-state index in [4.69, 9.17) is 17.3 Å². The van der Waals surface area contributed by atoms with Crippen molar-refractivity contribution in [1.82, 2.24) is 0 Å². The summed E-state index contributed by atoms with van der Waals surface area (Å²) < 4.78 is 0.563. The van der Waals surface area contributed by atoms with Gasteiger partial charge in [-0.3, -0.25) is 0 Å². The van der Waals surface area contributed by atoms with Crippen molar-refractivity contribution in [1.29, 1.82) is 0 Å². The van der Waals surface area contributed by atoms with Crippen molar-refractivity contribution in [3.8, 4) is 5.75 Å². The maximum Gasteiger partial charge on any atom is 0.134 e. The number of phenols is 1. The molecule has 0 amide bonds. The van der Waals surface area contributed by atoms with Crippen LogP contribution in [0.1, 0.15) is 19.4 Å². The van der Waals surface area contributed by atoms with Gasteiger partial charge in [0.1, 0.15) is 5.75 Å². The van der Waals surface area contributed by atoms with E-state index in [1.807, 2.05) is 13.8 Å². The van der Waals surface area contributed by atoms with E-state index in [0.29, 0.717) is 15.1 Å². The Hall–Kier alpha value is -0.250. The van der Waals surface area contributed by atoms with Gasteiger partial charge in [-0.25, -0.2) is 0 Å². The van der Waals surface area contributed by atoms with E-state index in [-0.39, 0.29) is 5.75 Å². The van der Waals surface area contributed by atoms with Crippen molar-refractivity contribution >= 4 is 27.5 Å². The first-order valence-electron chi connectivity index (χ1n) is 3.79. The number of hydrogen-bond acceptors (Lipinski definition) is 2. The van der Waals surface area contributed by atoms with Crippen molar-refractivity contribution in [3.63, 3.8) is 0 Å². The first-order chi connectivity index (χ1) is 5.82. The van der Waals surface area contributed by atoms with Crippen LogP contribution in [0.25, 0.3) is 0 Å². The van der Waals surface area contributed by atoms with Crippen molar-refractivity contribution in [2.45, 2.75) is 19.4 Å². The van der Waals surface area contributed by atoms with Crippen LogP contribution in [0.4, 0.5) is 0 Å². The Bertz CT molecular complexity index is 333. The van der Waals surface area contributed by atoms with Crippen LogP contribution in [0.15, 0.2) is 16.6 Å². The minimum Gasteiger partial charge on any atom is -0.506 e. The Labute approximate surface area is 90.8 Å². The highest BCUT2D eigenvalue weighted by Crippen LogP contribution is 2.36. The van der Waals surface area contributed by atoms with Gasteiger partial charge in [0.15, 0.2) is 0 Å². The largest absolute Gasteiger partial charge is 0.506 e. The van der Waals surface area contributed by atoms with E-state index >= 15 is 0 Å². The zero-order valence-electron chi connectivity index (χ0n) is 7.44. The number of phenolic OH excluding ortho intramolecular Hbond substituents is 1. The average Bonchev–Trinajstić information content (AvgIpc) is 1.94. The summed E-state index contributed by atoms with van der Waals surface area (Å²) >= 11 is 9.03. The lowest BCUT2D eigenvalue weighted by molar-refractivity contribution is 0.437. The minimum absolute atomic E-state index is 0.150. The molecule has 0 saturated carbocycles. The highest BCUT2D eigenvalue weighted by Gasteiger charge is 2.20. The summed E-state index contributed by atoms with van der Waals surface area (Å²) in [5.74, 6) is 0.150. The normalized spacial score (nSPS) is 11.8. The highest BCUT2D eigenvalue weighted by molar-refractivity contribution is 9.10. The molecule has 0 bridgehead atoms. The molecule has 0 aliphatic carbocycles. The SMILES string of the molecule is CC(C)(N)c1cc(Cl)cc(Br)c1O. The molecular formula is C9H11BrClNO. The third-order valence-electron chi connectivity index (χ3n) is 1.72. The molecule has 0 fully saturated rings. The van der Waals surface area contributed by atoms with E-state index in [2.05, 4.69) is 15.9 Å². The lowest BCUT2D eigenvalue weighted by Crippen LogP contribution is -2.28. The first kappa shape index (κ1) is 10.8. The van der Waals surface area contributed by atoms with Gasteiger partial charge in [-0.05, 0) is 41.9 Å². The molecule has 0 aromatic heterocycles. The summed E-state index contributed by atoms with van der Waals surface area (Å²) in [5, 5.41) is 10.2. The minimum atomic E-state index is -0.600. The van der Waals surface area contributed by atoms with Crippen molar-refractivity contribution in [2.75, 3.05) is 0 Å². The van der Waals surface area contributed by atoms with E-state index < -0.39 is 5.54 Å². The first-order valence-corrected chi connectivity index (χ1v) is 4.97. The second-order valence-electron chi connectivity index (χ2n) is 3.51. The summed E-state index contributed by atoms with van der Waals surface area (Å²) in [7, 11) is 0. The summed E-state index contributed by atoms with van der Waals surface area (Å²) in [6.07, 6.45) is 0. The molecule has 0 atom stereocenters. The topological polar surface area (TPSA) is 46.2 Å². The maximum atomic E-state index is 9.67. The number of halogens is 2. The van der Waals surface area contributed by atoms with E-state index in [1.165, 1.54) is 0 Å². The maximum absolute atomic E-state index is 9.67. The standard InChI is InChI=1S/C9H11BrClNO/c1-9(2,12)6-3-5(11)4-7(10)8(6)13/h3-4,13H,12H2,1-2H3. The molecule has 72 valence electrons. The van der Waals surface area contributed by atoms with Gasteiger partial charge in [0, 0.05) is 16.1 Å². The molecule has 0 spiro atoms. The number of benzene rings is 1. The van der Waals surface area contributed by atoms with Crippen molar-refractivity contribution < 1.29 is 5.11 Å². The fourth-order valence-electron chi connectivity index (χ4n) is 1.06. The number of nitrogens with two attached hydrogens (primary N) is 1. The Morgan fingerprint density at radius 1 is 1.46 bits per heavy atom. The van der Waals surface area contributed by atoms with Gasteiger partial charge in [0.2, 0.25) is 0 Å². The molecule has 1 aromatic rings. The van der Waals surface area contributed by atoms with Crippen LogP contribution in [0.5, 0.6) is 5.75 Å².